The molecule has 1 fully saturated rings. The summed E-state index contributed by atoms with van der Waals surface area (Å²) in [6.45, 7) is 1.90. The van der Waals surface area contributed by atoms with Gasteiger partial charge in [0.2, 0.25) is 10.0 Å². The minimum Gasteiger partial charge on any atom is -0.317 e. The summed E-state index contributed by atoms with van der Waals surface area (Å²) in [6, 6.07) is 5.80. The Bertz CT molecular complexity index is 513. The molecule has 0 spiro atoms. The summed E-state index contributed by atoms with van der Waals surface area (Å²) in [5.74, 6) is -0.0576. The van der Waals surface area contributed by atoms with Crippen LogP contribution in [0.3, 0.4) is 0 Å². The maximum absolute atomic E-state index is 13.4. The molecule has 4 nitrogen and oxygen atoms in total. The standard InChI is InChI=1S/C13H19FN2O2S/c14-12-3-1-2-4-13(12)16-19(17,18)10-7-11-5-8-15-9-6-11/h1-4,11,15-16H,5-10H2. The van der Waals surface area contributed by atoms with Gasteiger partial charge in [-0.1, -0.05) is 12.1 Å². The molecule has 0 aromatic heterocycles. The number of rotatable bonds is 5. The maximum atomic E-state index is 13.4. The Balaban J connectivity index is 1.90. The molecule has 1 aliphatic heterocycles. The predicted octanol–water partition coefficient (Wildman–Crippen LogP) is 1.96. The minimum absolute atomic E-state index is 0.0211. The number of hydrogen-bond acceptors (Lipinski definition) is 3. The van der Waals surface area contributed by atoms with Gasteiger partial charge in [0.1, 0.15) is 5.82 Å². The van der Waals surface area contributed by atoms with Gasteiger partial charge in [0.25, 0.3) is 0 Å². The number of halogens is 1. The van der Waals surface area contributed by atoms with Crippen LogP contribution in [0.4, 0.5) is 10.1 Å². The summed E-state index contributed by atoms with van der Waals surface area (Å²) in [5, 5.41) is 3.24. The lowest BCUT2D eigenvalue weighted by atomic mass is 9.96. The molecule has 2 rings (SSSR count). The van der Waals surface area contributed by atoms with Gasteiger partial charge in [-0.15, -0.1) is 0 Å². The van der Waals surface area contributed by atoms with Crippen LogP contribution in [0.2, 0.25) is 0 Å². The molecule has 0 amide bonds. The fraction of sp³-hybridized carbons (Fsp3) is 0.538. The van der Waals surface area contributed by atoms with Crippen molar-refractivity contribution in [3.63, 3.8) is 0 Å². The summed E-state index contributed by atoms with van der Waals surface area (Å²) >= 11 is 0. The van der Waals surface area contributed by atoms with Gasteiger partial charge in [-0.3, -0.25) is 4.72 Å². The van der Waals surface area contributed by atoms with E-state index >= 15 is 0 Å². The fourth-order valence-corrected chi connectivity index (χ4v) is 3.50. The molecule has 1 saturated heterocycles. The Hall–Kier alpha value is -1.14. The van der Waals surface area contributed by atoms with Crippen molar-refractivity contribution in [3.05, 3.63) is 30.1 Å². The molecule has 0 unspecified atom stereocenters. The lowest BCUT2D eigenvalue weighted by Crippen LogP contribution is -2.29. The first-order valence-electron chi connectivity index (χ1n) is 6.52. The average molecular weight is 286 g/mol. The van der Waals surface area contributed by atoms with E-state index in [0.717, 1.165) is 25.9 Å². The summed E-state index contributed by atoms with van der Waals surface area (Å²) in [7, 11) is -3.47. The highest BCUT2D eigenvalue weighted by Gasteiger charge is 2.18. The molecule has 1 aromatic carbocycles. The number of para-hydroxylation sites is 1. The molecule has 0 aliphatic carbocycles. The third-order valence-corrected chi connectivity index (χ3v) is 4.70. The number of anilines is 1. The molecule has 1 aliphatic rings. The van der Waals surface area contributed by atoms with Crippen molar-refractivity contribution in [2.75, 3.05) is 23.6 Å². The summed E-state index contributed by atoms with van der Waals surface area (Å²) < 4.78 is 39.5. The molecule has 0 bridgehead atoms. The van der Waals surface area contributed by atoms with E-state index in [1.54, 1.807) is 6.07 Å². The van der Waals surface area contributed by atoms with Crippen LogP contribution >= 0.6 is 0 Å². The van der Waals surface area contributed by atoms with Crippen molar-refractivity contribution in [1.29, 1.82) is 0 Å². The second-order valence-corrected chi connectivity index (χ2v) is 6.72. The van der Waals surface area contributed by atoms with Crippen molar-refractivity contribution in [3.8, 4) is 0 Å². The van der Waals surface area contributed by atoms with Gasteiger partial charge >= 0.3 is 0 Å². The first kappa shape index (κ1) is 14.3. The van der Waals surface area contributed by atoms with Crippen molar-refractivity contribution < 1.29 is 12.8 Å². The molecule has 1 aromatic rings. The van der Waals surface area contributed by atoms with Crippen LogP contribution in [0.15, 0.2) is 24.3 Å². The van der Waals surface area contributed by atoms with Crippen molar-refractivity contribution in [1.82, 2.24) is 5.32 Å². The normalized spacial score (nSPS) is 17.3. The average Bonchev–Trinajstić information content (AvgIpc) is 2.40. The van der Waals surface area contributed by atoms with Gasteiger partial charge < -0.3 is 5.32 Å². The topological polar surface area (TPSA) is 58.2 Å². The Kier molecular flexibility index (Phi) is 4.76. The van der Waals surface area contributed by atoms with E-state index in [0.29, 0.717) is 12.3 Å². The largest absolute Gasteiger partial charge is 0.317 e. The molecule has 6 heteroatoms. The number of piperidine rings is 1. The van der Waals surface area contributed by atoms with Gasteiger partial charge in [0, 0.05) is 0 Å². The van der Waals surface area contributed by atoms with E-state index in [2.05, 4.69) is 10.0 Å². The Morgan fingerprint density at radius 2 is 1.95 bits per heavy atom. The predicted molar refractivity (Wildman–Crippen MR) is 74.0 cm³/mol. The van der Waals surface area contributed by atoms with Gasteiger partial charge in [0.15, 0.2) is 0 Å². The van der Waals surface area contributed by atoms with Crippen LogP contribution in [0.1, 0.15) is 19.3 Å². The lowest BCUT2D eigenvalue weighted by molar-refractivity contribution is 0.365. The monoisotopic (exact) mass is 286 g/mol. The Labute approximate surface area is 113 Å². The van der Waals surface area contributed by atoms with Crippen molar-refractivity contribution in [2.24, 2.45) is 5.92 Å². The van der Waals surface area contributed by atoms with Crippen molar-refractivity contribution in [2.45, 2.75) is 19.3 Å². The van der Waals surface area contributed by atoms with Crippen LogP contribution < -0.4 is 10.0 Å². The van der Waals surface area contributed by atoms with Gasteiger partial charge in [-0.25, -0.2) is 12.8 Å². The zero-order valence-electron chi connectivity index (χ0n) is 10.7. The Morgan fingerprint density at radius 1 is 1.26 bits per heavy atom. The van der Waals surface area contributed by atoms with E-state index in [4.69, 9.17) is 0 Å². The van der Waals surface area contributed by atoms with E-state index in [-0.39, 0.29) is 11.4 Å². The highest BCUT2D eigenvalue weighted by atomic mass is 32.2. The smallest absolute Gasteiger partial charge is 0.232 e. The van der Waals surface area contributed by atoms with E-state index in [1.807, 2.05) is 0 Å². The van der Waals surface area contributed by atoms with Gasteiger partial charge in [0.05, 0.1) is 11.4 Å². The zero-order chi connectivity index (χ0) is 13.7. The first-order valence-corrected chi connectivity index (χ1v) is 8.18. The van der Waals surface area contributed by atoms with E-state index < -0.39 is 15.8 Å². The van der Waals surface area contributed by atoms with Crippen LogP contribution in [0.25, 0.3) is 0 Å². The summed E-state index contributed by atoms with van der Waals surface area (Å²) in [6.07, 6.45) is 2.65. The second kappa shape index (κ2) is 6.34. The number of sulfonamides is 1. The molecule has 0 saturated carbocycles. The minimum atomic E-state index is -3.47. The molecule has 1 heterocycles. The third kappa shape index (κ3) is 4.47. The van der Waals surface area contributed by atoms with E-state index in [1.165, 1.54) is 18.2 Å². The maximum Gasteiger partial charge on any atom is 0.232 e. The number of nitrogens with one attached hydrogen (secondary N) is 2. The highest BCUT2D eigenvalue weighted by Crippen LogP contribution is 2.19. The van der Waals surface area contributed by atoms with Gasteiger partial charge in [-0.2, -0.15) is 0 Å². The first-order chi connectivity index (χ1) is 9.07. The Morgan fingerprint density at radius 3 is 2.63 bits per heavy atom. The van der Waals surface area contributed by atoms with Crippen LogP contribution in [0, 0.1) is 11.7 Å². The molecule has 0 radical (unpaired) electrons. The quantitative estimate of drug-likeness (QED) is 0.870. The number of benzene rings is 1. The van der Waals surface area contributed by atoms with Crippen LogP contribution in [0.5, 0.6) is 0 Å². The highest BCUT2D eigenvalue weighted by molar-refractivity contribution is 7.92. The number of hydrogen-bond donors (Lipinski definition) is 2. The molecule has 19 heavy (non-hydrogen) atoms. The molecule has 0 atom stereocenters. The second-order valence-electron chi connectivity index (χ2n) is 4.88. The van der Waals surface area contributed by atoms with Crippen molar-refractivity contribution >= 4 is 15.7 Å². The zero-order valence-corrected chi connectivity index (χ0v) is 11.5. The SMILES string of the molecule is O=S(=O)(CCC1CCNCC1)Nc1ccccc1F. The van der Waals surface area contributed by atoms with Crippen LogP contribution in [-0.2, 0) is 10.0 Å². The van der Waals surface area contributed by atoms with E-state index in [9.17, 15) is 12.8 Å². The third-order valence-electron chi connectivity index (χ3n) is 3.39. The fourth-order valence-electron chi connectivity index (χ4n) is 2.25. The molecule has 106 valence electrons. The molecular formula is C13H19FN2O2S. The summed E-state index contributed by atoms with van der Waals surface area (Å²) in [4.78, 5) is 0. The van der Waals surface area contributed by atoms with Gasteiger partial charge in [-0.05, 0) is 50.4 Å². The molecular weight excluding hydrogens is 267 g/mol. The summed E-state index contributed by atoms with van der Waals surface area (Å²) in [5.41, 5.74) is 0.0211. The molecule has 2 N–H and O–H groups in total. The lowest BCUT2D eigenvalue weighted by Gasteiger charge is -2.22. The van der Waals surface area contributed by atoms with Crippen LogP contribution in [-0.4, -0.2) is 27.3 Å².